The number of aromatic nitrogens is 2. The van der Waals surface area contributed by atoms with Crippen LogP contribution in [0.1, 0.15) is 101 Å². The number of H-pyrrole nitrogens is 1. The van der Waals surface area contributed by atoms with Crippen molar-refractivity contribution in [1.29, 1.82) is 0 Å². The first-order chi connectivity index (χ1) is 33.2. The van der Waals surface area contributed by atoms with Gasteiger partial charge in [-0.05, 0) is 100 Å². The first kappa shape index (κ1) is 55.5. The van der Waals surface area contributed by atoms with Crippen molar-refractivity contribution in [2.75, 3.05) is 32.9 Å². The van der Waals surface area contributed by atoms with Crippen molar-refractivity contribution in [3.63, 3.8) is 0 Å². The van der Waals surface area contributed by atoms with Gasteiger partial charge in [0.1, 0.15) is 18.8 Å². The number of rotatable bonds is 21. The number of nitrogens with one attached hydrogen (secondary N) is 3. The fraction of sp³-hybridized carbons (Fsp3) is 0.738. The Kier molecular flexibility index (Phi) is 17.1. The van der Waals surface area contributed by atoms with Crippen molar-refractivity contribution in [2.24, 2.45) is 29.6 Å². The fourth-order valence-corrected chi connectivity index (χ4v) is 14.9. The van der Waals surface area contributed by atoms with Crippen LogP contribution in [0.5, 0.6) is 0 Å². The zero-order valence-corrected chi connectivity index (χ0v) is 41.1. The number of phosphoric ester groups is 1. The van der Waals surface area contributed by atoms with Gasteiger partial charge in [0.25, 0.3) is 21.2 Å². The Morgan fingerprint density at radius 1 is 0.887 bits per heavy atom. The summed E-state index contributed by atoms with van der Waals surface area (Å²) >= 11 is 0. The van der Waals surface area contributed by atoms with Crippen LogP contribution in [0, 0.1) is 29.6 Å². The second kappa shape index (κ2) is 21.9. The summed E-state index contributed by atoms with van der Waals surface area (Å²) < 4.78 is 57.1. The minimum absolute atomic E-state index is 0.00208. The molecule has 8 N–H and O–H groups in total. The van der Waals surface area contributed by atoms with Gasteiger partial charge >= 0.3 is 11.7 Å². The average molecular weight is 1060 g/mol. The summed E-state index contributed by atoms with van der Waals surface area (Å²) in [5.41, 5.74) is -5.76. The molecule has 6 aliphatic rings. The van der Waals surface area contributed by atoms with E-state index >= 15 is 0 Å². The number of carbonyl (C=O) groups excluding carboxylic acids is 3. The largest absolute Gasteiger partial charge is 0.790 e. The Hall–Kier alpha value is -3.26. The summed E-state index contributed by atoms with van der Waals surface area (Å²) in [6.45, 7) is -0.663. The fourth-order valence-electron chi connectivity index (χ4n) is 12.0. The summed E-state index contributed by atoms with van der Waals surface area (Å²) in [6.07, 6.45) is 7.25. The standard InChI is InChI=1S/C42H63N4O22P3/c47-33-18-28(15-26(33)22-66-70(60,61)68-71(62,63)67-69(57,58)59)46-20-24(38(52)45-39(46)53)5-4-14-43-35(49)6-2-1-3-13-44-36(50)23-64-29-9-11-40(54)27(17-29)7-8-31-32(40)19-34(48)42(56)30(10-12-41(31,42)55)25-16-37(51)65-21-25/h4-5,16,20,26-34,47-48,54-56H,1-3,6-15,17-19,21-23H2,(H,43,49)(H,44,50)(H,60,61)(H,62,63)(H,45,52,53)(H2,57,58,59)/p-4/b5-4+/t26-,27-,28-,29+,30-,31-,32+,33+,34-,40-,41+,42-/m1/s1. The highest BCUT2D eigenvalue weighted by Gasteiger charge is 2.73. The van der Waals surface area contributed by atoms with Gasteiger partial charge in [-0.2, -0.15) is 0 Å². The number of carbonyl (C=O) groups is 3. The molecule has 2 heterocycles. The Labute approximate surface area is 406 Å². The number of aliphatic hydroxyl groups excluding tert-OH is 2. The molecule has 0 radical (unpaired) electrons. The number of amides is 2. The van der Waals surface area contributed by atoms with Crippen molar-refractivity contribution in [2.45, 2.75) is 131 Å². The van der Waals surface area contributed by atoms with Gasteiger partial charge in [0.2, 0.25) is 11.8 Å². The molecule has 1 aromatic heterocycles. The third-order valence-corrected chi connectivity index (χ3v) is 18.9. The zero-order valence-electron chi connectivity index (χ0n) is 38.4. The van der Waals surface area contributed by atoms with E-state index in [1.807, 2.05) is 0 Å². The second-order valence-electron chi connectivity index (χ2n) is 19.5. The van der Waals surface area contributed by atoms with Crippen LogP contribution in [-0.2, 0) is 50.7 Å². The highest BCUT2D eigenvalue weighted by molar-refractivity contribution is 7.64. The van der Waals surface area contributed by atoms with Crippen molar-refractivity contribution in [3.8, 4) is 0 Å². The maximum Gasteiger partial charge on any atom is 0.331 e. The lowest BCUT2D eigenvalue weighted by Crippen LogP contribution is -2.73. The molecular weight excluding hydrogens is 1010 g/mol. The van der Waals surface area contributed by atoms with Gasteiger partial charge in [0.05, 0.1) is 49.5 Å². The molecule has 1 aromatic rings. The average Bonchev–Trinajstić information content (AvgIpc) is 3.95. The van der Waals surface area contributed by atoms with Gasteiger partial charge in [0, 0.05) is 49.7 Å². The highest BCUT2D eigenvalue weighted by Crippen LogP contribution is 2.65. The lowest BCUT2D eigenvalue weighted by molar-refractivity contribution is -0.339. The summed E-state index contributed by atoms with van der Waals surface area (Å²) in [4.78, 5) is 109. The van der Waals surface area contributed by atoms with Crippen LogP contribution in [0.2, 0.25) is 0 Å². The maximum atomic E-state index is 12.6. The molecule has 29 heteroatoms. The van der Waals surface area contributed by atoms with Crippen LogP contribution in [0.3, 0.4) is 0 Å². The molecule has 26 nitrogen and oxygen atoms in total. The molecular formula is C42H59N4O22P3-4. The van der Waals surface area contributed by atoms with E-state index < -0.39 is 106 Å². The molecule has 2 amide bonds. The predicted octanol–water partition coefficient (Wildman–Crippen LogP) is -2.47. The van der Waals surface area contributed by atoms with E-state index in [9.17, 15) is 82.8 Å². The van der Waals surface area contributed by atoms with Crippen molar-refractivity contribution >= 4 is 47.3 Å². The number of hydrogen-bond donors (Lipinski definition) is 8. The number of esters is 1. The quantitative estimate of drug-likeness (QED) is 0.0359. The van der Waals surface area contributed by atoms with Crippen molar-refractivity contribution in [1.82, 2.24) is 20.2 Å². The first-order valence-electron chi connectivity index (χ1n) is 23.5. The summed E-state index contributed by atoms with van der Waals surface area (Å²) in [6, 6.07) is -0.798. The minimum atomic E-state index is -6.19. The third-order valence-electron chi connectivity index (χ3n) is 15.3. The maximum absolute atomic E-state index is 12.6. The first-order valence-corrected chi connectivity index (χ1v) is 27.9. The van der Waals surface area contributed by atoms with Crippen LogP contribution in [0.15, 0.2) is 33.5 Å². The Morgan fingerprint density at radius 3 is 2.37 bits per heavy atom. The van der Waals surface area contributed by atoms with E-state index in [4.69, 9.17) is 9.47 Å². The van der Waals surface area contributed by atoms with Gasteiger partial charge in [-0.3, -0.25) is 37.4 Å². The molecule has 0 spiro atoms. The third kappa shape index (κ3) is 12.6. The van der Waals surface area contributed by atoms with Crippen LogP contribution in [0.4, 0.5) is 0 Å². The number of aromatic amines is 1. The molecule has 5 fully saturated rings. The van der Waals surface area contributed by atoms with Gasteiger partial charge in [-0.15, -0.1) is 0 Å². The summed E-state index contributed by atoms with van der Waals surface area (Å²) in [5, 5.41) is 63.7. The van der Waals surface area contributed by atoms with Gasteiger partial charge in [-0.25, -0.2) is 13.9 Å². The number of unbranched alkanes of at least 4 members (excludes halogenated alkanes) is 2. The second-order valence-corrected chi connectivity index (χ2v) is 23.7. The molecule has 2 unspecified atom stereocenters. The number of ether oxygens (including phenoxy) is 2. The highest BCUT2D eigenvalue weighted by atomic mass is 31.3. The SMILES string of the molecule is O=C(CCCCCNC(=O)CO[C@H]1CC[C@@]2(O)[C@H](CC[C@@H]3[C@@H]2C[C@@H](O)[C@]2(O)[C@@H](C4=CC(=O)OC4)CC[C@]32O)C1)NC/C=C/c1cn([C@@H]2C[C@H](COP(=O)([O-])OP(=O)([O-])OP(=O)([O-])[O-])[C@@H](O)C2)c(=O)[nH]c1=O. The number of nitrogens with zero attached hydrogens (tertiary/aromatic N) is 1. The van der Waals surface area contributed by atoms with Crippen LogP contribution in [-0.4, -0.2) is 121 Å². The molecule has 5 aliphatic carbocycles. The van der Waals surface area contributed by atoms with E-state index in [2.05, 4.69) is 28.8 Å². The Bertz CT molecular complexity index is 2500. The van der Waals surface area contributed by atoms with E-state index in [0.29, 0.717) is 69.9 Å². The minimum Gasteiger partial charge on any atom is -0.790 e. The van der Waals surface area contributed by atoms with Crippen molar-refractivity contribution in [3.05, 3.63) is 50.3 Å². The van der Waals surface area contributed by atoms with Crippen LogP contribution >= 0.6 is 23.5 Å². The van der Waals surface area contributed by atoms with E-state index in [-0.39, 0.29) is 81.3 Å². The van der Waals surface area contributed by atoms with E-state index in [1.165, 1.54) is 24.4 Å². The number of hydrogen-bond acceptors (Lipinski definition) is 22. The van der Waals surface area contributed by atoms with Crippen LogP contribution in [0.25, 0.3) is 6.08 Å². The van der Waals surface area contributed by atoms with Gasteiger partial charge < -0.3 is 74.3 Å². The number of aliphatic hydroxyl groups is 5. The molecule has 0 aromatic carbocycles. The smallest absolute Gasteiger partial charge is 0.331 e. The number of fused-ring (bicyclic) bond motifs is 5. The summed E-state index contributed by atoms with van der Waals surface area (Å²) in [7, 11) is -18.2. The van der Waals surface area contributed by atoms with Gasteiger partial charge in [0.15, 0.2) is 0 Å². The molecule has 14 atom stereocenters. The monoisotopic (exact) mass is 1060 g/mol. The molecule has 1 aliphatic heterocycles. The lowest BCUT2D eigenvalue weighted by Gasteiger charge is -2.63. The van der Waals surface area contributed by atoms with E-state index in [0.717, 1.165) is 4.57 Å². The molecule has 398 valence electrons. The Balaban J connectivity index is 0.767. The topological polar surface area (TPSA) is 421 Å². The molecule has 5 saturated carbocycles. The molecule has 7 rings (SSSR count). The van der Waals surface area contributed by atoms with Crippen LogP contribution < -0.4 is 41.5 Å². The molecule has 71 heavy (non-hydrogen) atoms. The van der Waals surface area contributed by atoms with Crippen molar-refractivity contribution < 1.29 is 95.8 Å². The zero-order chi connectivity index (χ0) is 51.7. The van der Waals surface area contributed by atoms with E-state index in [1.54, 1.807) is 0 Å². The normalized spacial score (nSPS) is 35.4. The molecule has 0 saturated heterocycles. The summed E-state index contributed by atoms with van der Waals surface area (Å²) in [5.74, 6) is -3.86. The number of cyclic esters (lactones) is 1. The Morgan fingerprint density at radius 2 is 1.65 bits per heavy atom. The van der Waals surface area contributed by atoms with Gasteiger partial charge in [-0.1, -0.05) is 18.6 Å². The molecule has 0 bridgehead atoms. The lowest BCUT2D eigenvalue weighted by atomic mass is 9.48. The number of phosphoric acid groups is 3. The predicted molar refractivity (Wildman–Crippen MR) is 234 cm³/mol.